The van der Waals surface area contributed by atoms with Gasteiger partial charge >= 0.3 is 15.6 Å². The molecule has 0 amide bonds. The van der Waals surface area contributed by atoms with Crippen LogP contribution < -0.4 is 10.4 Å². The van der Waals surface area contributed by atoms with E-state index in [4.69, 9.17) is 33.2 Å². The third-order valence-corrected chi connectivity index (χ3v) is 32.5. The van der Waals surface area contributed by atoms with Crippen molar-refractivity contribution in [3.8, 4) is 101 Å². The standard InChI is InChI=1S/C43H36N2S.C43H35N2S.2C18H24NSi.CHF3O3S.2CH4O.2Ir/c2*1-27(2)33-14-10-15-34(28(3)4)41(33)45-39-19-9-8-18-38(39)44-43(45)37-17-11-16-36-35-25-24-32(26-40(35)46-42(36)37)31-22-20-30(21-23-31)29-12-6-5-7-13-29;2*1-14(2)11-16-12-17(15-9-7-6-8-10-15)19-13-18(16)20(3,4)5;2-1(3,4)8(5,6)7;2*1-2;;/h5-28H,1-4H3;5-16,18-28H,1-4H3;2*6-9,12-14H,11H2,1-5H3;(H,5,6,7);2*2H,1H3;;/q;3*-1;;;;;. The molecule has 756 valence electrons. The topological polar surface area (TPSA) is 156 Å². The smallest absolute Gasteiger partial charge is 0.400 e. The van der Waals surface area contributed by atoms with Crippen LogP contribution >= 0.6 is 22.7 Å². The Labute approximate surface area is 896 Å². The van der Waals surface area contributed by atoms with Crippen LogP contribution in [0.3, 0.4) is 0 Å². The van der Waals surface area contributed by atoms with Crippen molar-refractivity contribution in [3.63, 3.8) is 0 Å². The summed E-state index contributed by atoms with van der Waals surface area (Å²) in [6.45, 7) is 41.8. The number of aliphatic hydroxyl groups is 2. The Morgan fingerprint density at radius 2 is 0.699 bits per heavy atom. The van der Waals surface area contributed by atoms with Gasteiger partial charge in [0, 0.05) is 103 Å². The van der Waals surface area contributed by atoms with Gasteiger partial charge in [0.25, 0.3) is 0 Å². The number of hydrogen-bond donors (Lipinski definition) is 3. The van der Waals surface area contributed by atoms with Gasteiger partial charge in [-0.05, 0) is 189 Å². The van der Waals surface area contributed by atoms with Gasteiger partial charge in [-0.2, -0.15) is 32.9 Å². The minimum Gasteiger partial charge on any atom is -0.400 e. The first-order valence-corrected chi connectivity index (χ1v) is 59.3. The summed E-state index contributed by atoms with van der Waals surface area (Å²) in [5.41, 5.74) is 25.9. The molecule has 0 fully saturated rings. The number of imidazole rings is 2. The SMILES string of the molecule is CC(C)Cc1cc(-c2[c-]cccc2)ncc1[Si](C)(C)C.CC(C)Cc1cc(-c2[c-]cccc2)ncc1[Si](C)(C)C.CC(C)c1cccc(C(C)C)c1-n1c(-c2[c-]ccc3c2sc2cc(-c4ccc(-c5ccccc5)cc4)ccc23)nc2ccccc21.CC(C)c1cccc(C(C)C)c1-n1c(-c2cccc3c2sc2cc(-c4ccc(-c5ccccc5)cc4)ccc23)nc2ccccc21.CO.CO.O=S(=O)(O)C(F)(F)F.[Ir].[Ir]. The summed E-state index contributed by atoms with van der Waals surface area (Å²) in [5.74, 6) is 4.78. The van der Waals surface area contributed by atoms with E-state index >= 15 is 0 Å². The van der Waals surface area contributed by atoms with E-state index in [2.05, 4.69) is 457 Å². The molecule has 2 radical (unpaired) electrons. The van der Waals surface area contributed by atoms with E-state index in [9.17, 15) is 13.2 Å². The summed E-state index contributed by atoms with van der Waals surface area (Å²) in [5, 5.41) is 22.1. The van der Waals surface area contributed by atoms with Crippen LogP contribution in [0.2, 0.25) is 39.3 Å². The maximum atomic E-state index is 10.7. The molecule has 0 unspecified atom stereocenters. The second-order valence-corrected chi connectivity index (χ2v) is 53.7. The molecule has 0 aliphatic carbocycles. The zero-order chi connectivity index (χ0) is 103. The summed E-state index contributed by atoms with van der Waals surface area (Å²) in [4.78, 5) is 20.0. The molecule has 0 saturated heterocycles. The van der Waals surface area contributed by atoms with Crippen molar-refractivity contribution in [2.75, 3.05) is 14.2 Å². The quantitative estimate of drug-likeness (QED) is 0.0293. The van der Waals surface area contributed by atoms with Crippen molar-refractivity contribution in [3.05, 3.63) is 385 Å². The van der Waals surface area contributed by atoms with Gasteiger partial charge < -0.3 is 24.7 Å². The molecule has 20 rings (SSSR count). The number of aliphatic hydroxyl groups excluding tert-OH is 2. The molecule has 0 bridgehead atoms. The number of aromatic nitrogens is 6. The number of alkyl halides is 3. The average molecular weight is 2390 g/mol. The molecule has 20 aromatic rings. The first-order valence-electron chi connectivity index (χ1n) is 49.2. The summed E-state index contributed by atoms with van der Waals surface area (Å²) >= 11 is 3.72. The minimum atomic E-state index is -5.84. The van der Waals surface area contributed by atoms with Gasteiger partial charge in [0.15, 0.2) is 0 Å². The first kappa shape index (κ1) is 113. The third-order valence-electron chi connectivity index (χ3n) is 25.4. The maximum absolute atomic E-state index is 10.7. The van der Waals surface area contributed by atoms with Crippen molar-refractivity contribution in [1.82, 2.24) is 29.1 Å². The average Bonchev–Trinajstić information content (AvgIpc) is 1.59. The van der Waals surface area contributed by atoms with Gasteiger partial charge in [-0.25, -0.2) is 4.98 Å². The summed E-state index contributed by atoms with van der Waals surface area (Å²) in [6.07, 6.45) is 6.48. The molecule has 6 heterocycles. The van der Waals surface area contributed by atoms with E-state index in [1.54, 1.807) is 0 Å². The third kappa shape index (κ3) is 26.1. The fourth-order valence-electron chi connectivity index (χ4n) is 18.6. The number of nitrogens with zero attached hydrogens (tertiary/aromatic N) is 6. The molecule has 21 heteroatoms. The molecule has 0 saturated carbocycles. The van der Waals surface area contributed by atoms with Crippen LogP contribution in [0.5, 0.6) is 0 Å². The van der Waals surface area contributed by atoms with Crippen LogP contribution in [-0.2, 0) is 63.2 Å². The summed E-state index contributed by atoms with van der Waals surface area (Å²) in [7, 11) is -6.52. The van der Waals surface area contributed by atoms with Gasteiger partial charge in [-0.15, -0.1) is 101 Å². The van der Waals surface area contributed by atoms with Gasteiger partial charge in [-0.1, -0.05) is 363 Å². The first-order chi connectivity index (χ1) is 69.0. The van der Waals surface area contributed by atoms with Crippen molar-refractivity contribution in [2.24, 2.45) is 11.8 Å². The van der Waals surface area contributed by atoms with E-state index in [1.807, 2.05) is 59.1 Å². The Bertz CT molecular complexity index is 7420. The van der Waals surface area contributed by atoms with Gasteiger partial charge in [0.05, 0.1) is 49.7 Å². The second-order valence-electron chi connectivity index (χ2n) is 40.1. The van der Waals surface area contributed by atoms with Crippen LogP contribution in [0.1, 0.15) is 140 Å². The van der Waals surface area contributed by atoms with Gasteiger partial charge in [-0.3, -0.25) is 14.1 Å². The molecule has 6 aromatic heterocycles. The number of thiophene rings is 2. The van der Waals surface area contributed by atoms with Crippen LogP contribution in [0.4, 0.5) is 13.2 Å². The molecule has 146 heavy (non-hydrogen) atoms. The number of benzene rings is 14. The monoisotopic (exact) mass is 2390 g/mol. The Balaban J connectivity index is 0.000000176. The predicted octanol–water partition coefficient (Wildman–Crippen LogP) is 33.3. The molecule has 11 nitrogen and oxygen atoms in total. The van der Waals surface area contributed by atoms with E-state index in [1.165, 1.54) is 146 Å². The van der Waals surface area contributed by atoms with Crippen LogP contribution in [0, 0.1) is 30.0 Å². The number of hydrogen-bond acceptors (Lipinski definition) is 10. The Morgan fingerprint density at radius 3 is 1.07 bits per heavy atom. The zero-order valence-corrected chi connectivity index (χ0v) is 95.7. The molecular formula is C125H128F3Ir2N6O5S3Si2-3. The fourth-order valence-corrected chi connectivity index (χ4v) is 24.2. The molecule has 0 aliphatic heterocycles. The van der Waals surface area contributed by atoms with E-state index in [0.717, 1.165) is 88.9 Å². The van der Waals surface area contributed by atoms with E-state index < -0.39 is 31.8 Å². The largest absolute Gasteiger partial charge is 0.522 e. The number of rotatable bonds is 20. The van der Waals surface area contributed by atoms with E-state index in [-0.39, 0.29) is 40.2 Å². The number of fused-ring (bicyclic) bond motifs is 8. The number of halogens is 3. The van der Waals surface area contributed by atoms with Crippen molar-refractivity contribution < 1.29 is 76.6 Å². The van der Waals surface area contributed by atoms with Crippen molar-refractivity contribution >= 4 is 122 Å². The molecule has 0 spiro atoms. The molecule has 3 N–H and O–H groups in total. The summed E-state index contributed by atoms with van der Waals surface area (Å²) < 4.78 is 67.5. The number of pyridine rings is 2. The maximum Gasteiger partial charge on any atom is 0.522 e. The molecule has 0 atom stereocenters. The molecule has 14 aromatic carbocycles. The van der Waals surface area contributed by atoms with Gasteiger partial charge in [0.1, 0.15) is 5.82 Å². The zero-order valence-electron chi connectivity index (χ0n) is 86.5. The minimum absolute atomic E-state index is 0. The molecular weight excluding hydrogens is 2260 g/mol. The van der Waals surface area contributed by atoms with E-state index in [0.29, 0.717) is 35.5 Å². The Morgan fingerprint density at radius 1 is 0.363 bits per heavy atom. The van der Waals surface area contributed by atoms with Crippen molar-refractivity contribution in [1.29, 1.82) is 0 Å². The van der Waals surface area contributed by atoms with Crippen molar-refractivity contribution in [2.45, 2.75) is 164 Å². The predicted molar refractivity (Wildman–Crippen MR) is 610 cm³/mol. The Kier molecular flexibility index (Phi) is 38.4. The normalized spacial score (nSPS) is 11.6. The van der Waals surface area contributed by atoms with Crippen LogP contribution in [0.15, 0.2) is 334 Å². The fraction of sp³-hybridized carbons (Fsp3) is 0.232. The second kappa shape index (κ2) is 49.7. The number of para-hydroxylation sites is 6. The van der Waals surface area contributed by atoms with Gasteiger partial charge in [0.2, 0.25) is 0 Å². The van der Waals surface area contributed by atoms with Crippen LogP contribution in [-0.4, -0.2) is 88.1 Å². The Hall–Kier alpha value is -11.9. The molecule has 0 aliphatic rings. The van der Waals surface area contributed by atoms with Crippen LogP contribution in [0.25, 0.3) is 164 Å². The summed E-state index contributed by atoms with van der Waals surface area (Å²) in [6, 6.07) is 125.